The van der Waals surface area contributed by atoms with Gasteiger partial charge in [0.1, 0.15) is 11.4 Å². The summed E-state index contributed by atoms with van der Waals surface area (Å²) in [5.41, 5.74) is 6.54. The Morgan fingerprint density at radius 1 is 1.06 bits per heavy atom. The number of benzene rings is 2. The summed E-state index contributed by atoms with van der Waals surface area (Å²) in [6, 6.07) is 13.9. The van der Waals surface area contributed by atoms with Crippen molar-refractivity contribution >= 4 is 28.4 Å². The van der Waals surface area contributed by atoms with E-state index in [1.807, 2.05) is 37.4 Å². The third-order valence-corrected chi connectivity index (χ3v) is 6.22. The number of carbonyl (C=O) groups excluding carboxylic acids is 1. The number of nitrogens with one attached hydrogen (secondary N) is 2. The molecule has 0 radical (unpaired) electrons. The number of pyridine rings is 1. The van der Waals surface area contributed by atoms with Crippen molar-refractivity contribution in [1.82, 2.24) is 25.2 Å². The van der Waals surface area contributed by atoms with Crippen LogP contribution in [0.25, 0.3) is 22.0 Å². The fourth-order valence-corrected chi connectivity index (χ4v) is 4.33. The molecule has 2 N–H and O–H groups in total. The molecule has 2 aromatic heterocycles. The van der Waals surface area contributed by atoms with Crippen molar-refractivity contribution < 1.29 is 9.53 Å². The molecule has 1 amide bonds. The minimum Gasteiger partial charge on any atom is -0.495 e. The highest BCUT2D eigenvalue weighted by atomic mass is 16.5. The highest BCUT2D eigenvalue weighted by Crippen LogP contribution is 2.33. The number of carbonyl (C=O) groups is 1. The van der Waals surface area contributed by atoms with E-state index >= 15 is 0 Å². The molecule has 0 saturated carbocycles. The van der Waals surface area contributed by atoms with Crippen LogP contribution in [-0.4, -0.2) is 53.0 Å². The SMILES string of the molecule is CCNC(=O)c1ccc(-c2ccc3cnc(Nc4cc5c(cc4OC)CCN(C)C5)nc3c2)cn1. The van der Waals surface area contributed by atoms with Gasteiger partial charge in [-0.3, -0.25) is 9.78 Å². The lowest BCUT2D eigenvalue weighted by atomic mass is 9.99. The maximum Gasteiger partial charge on any atom is 0.269 e. The van der Waals surface area contributed by atoms with Gasteiger partial charge in [0.05, 0.1) is 18.3 Å². The maximum atomic E-state index is 12.0. The van der Waals surface area contributed by atoms with Crippen molar-refractivity contribution in [3.63, 3.8) is 0 Å². The summed E-state index contributed by atoms with van der Waals surface area (Å²) < 4.78 is 5.65. The molecule has 0 unspecified atom stereocenters. The third kappa shape index (κ3) is 4.79. The molecule has 0 aliphatic carbocycles. The summed E-state index contributed by atoms with van der Waals surface area (Å²) in [5.74, 6) is 1.11. The molecular weight excluding hydrogens is 440 g/mol. The molecule has 2 aromatic carbocycles. The Labute approximate surface area is 204 Å². The number of hydrogen-bond donors (Lipinski definition) is 2. The Kier molecular flexibility index (Phi) is 6.29. The van der Waals surface area contributed by atoms with E-state index in [2.05, 4.69) is 44.7 Å². The average Bonchev–Trinajstić information content (AvgIpc) is 2.88. The van der Waals surface area contributed by atoms with Gasteiger partial charge in [-0.25, -0.2) is 9.97 Å². The molecule has 35 heavy (non-hydrogen) atoms. The number of hydrogen-bond acceptors (Lipinski definition) is 7. The van der Waals surface area contributed by atoms with E-state index in [1.165, 1.54) is 11.1 Å². The fourth-order valence-electron chi connectivity index (χ4n) is 4.33. The summed E-state index contributed by atoms with van der Waals surface area (Å²) >= 11 is 0. The second-order valence-electron chi connectivity index (χ2n) is 8.69. The standard InChI is InChI=1S/C27H28N6O2/c1-4-28-26(34)22-8-7-19(14-29-22)17-5-6-20-15-30-27(31-23(20)11-17)32-24-12-21-16-33(2)10-9-18(21)13-25(24)35-3/h5-8,11-15H,4,9-10,16H2,1-3H3,(H,28,34)(H,30,31,32). The minimum absolute atomic E-state index is 0.176. The first-order valence-corrected chi connectivity index (χ1v) is 11.7. The summed E-state index contributed by atoms with van der Waals surface area (Å²) in [7, 11) is 3.81. The van der Waals surface area contributed by atoms with Gasteiger partial charge in [-0.15, -0.1) is 0 Å². The predicted octanol–water partition coefficient (Wildman–Crippen LogP) is 4.18. The number of likely N-dealkylation sites (N-methyl/N-ethyl adjacent to an activating group) is 1. The predicted molar refractivity (Wildman–Crippen MR) is 137 cm³/mol. The van der Waals surface area contributed by atoms with Gasteiger partial charge in [0.25, 0.3) is 5.91 Å². The lowest BCUT2D eigenvalue weighted by Crippen LogP contribution is -2.26. The molecule has 4 aromatic rings. The smallest absolute Gasteiger partial charge is 0.269 e. The summed E-state index contributed by atoms with van der Waals surface area (Å²) in [5, 5.41) is 7.05. The van der Waals surface area contributed by atoms with Crippen molar-refractivity contribution in [1.29, 1.82) is 0 Å². The van der Waals surface area contributed by atoms with Gasteiger partial charge < -0.3 is 20.3 Å². The van der Waals surface area contributed by atoms with E-state index in [9.17, 15) is 4.79 Å². The monoisotopic (exact) mass is 468 g/mol. The molecule has 8 heteroatoms. The van der Waals surface area contributed by atoms with Crippen molar-refractivity contribution in [3.8, 4) is 16.9 Å². The maximum absolute atomic E-state index is 12.0. The number of anilines is 2. The van der Waals surface area contributed by atoms with Crippen LogP contribution in [0.2, 0.25) is 0 Å². The normalized spacial score (nSPS) is 13.3. The van der Waals surface area contributed by atoms with Crippen molar-refractivity contribution in [2.45, 2.75) is 19.9 Å². The first-order valence-electron chi connectivity index (χ1n) is 11.7. The van der Waals surface area contributed by atoms with Crippen LogP contribution < -0.4 is 15.4 Å². The molecule has 0 bridgehead atoms. The summed E-state index contributed by atoms with van der Waals surface area (Å²) in [4.78, 5) is 27.9. The van der Waals surface area contributed by atoms with E-state index in [4.69, 9.17) is 9.72 Å². The van der Waals surface area contributed by atoms with Gasteiger partial charge in [-0.2, -0.15) is 0 Å². The van der Waals surface area contributed by atoms with Gasteiger partial charge in [0.15, 0.2) is 0 Å². The molecular formula is C27H28N6O2. The molecule has 0 saturated heterocycles. The van der Waals surface area contributed by atoms with Gasteiger partial charge in [0, 0.05) is 43.0 Å². The van der Waals surface area contributed by atoms with Crippen molar-refractivity contribution in [2.24, 2.45) is 0 Å². The van der Waals surface area contributed by atoms with Gasteiger partial charge in [-0.05, 0) is 61.3 Å². The highest BCUT2D eigenvalue weighted by molar-refractivity contribution is 5.92. The molecule has 178 valence electrons. The van der Waals surface area contributed by atoms with Crippen LogP contribution in [0, 0.1) is 0 Å². The van der Waals surface area contributed by atoms with E-state index in [-0.39, 0.29) is 5.91 Å². The Morgan fingerprint density at radius 3 is 2.69 bits per heavy atom. The van der Waals surface area contributed by atoms with Crippen LogP contribution >= 0.6 is 0 Å². The van der Waals surface area contributed by atoms with Gasteiger partial charge in [0.2, 0.25) is 5.95 Å². The van der Waals surface area contributed by atoms with Crippen LogP contribution in [-0.2, 0) is 13.0 Å². The summed E-state index contributed by atoms with van der Waals surface area (Å²) in [6.45, 7) is 4.40. The van der Waals surface area contributed by atoms with Crippen LogP contribution in [0.5, 0.6) is 5.75 Å². The first kappa shape index (κ1) is 22.7. The highest BCUT2D eigenvalue weighted by Gasteiger charge is 2.17. The van der Waals surface area contributed by atoms with E-state index in [0.717, 1.165) is 53.0 Å². The van der Waals surface area contributed by atoms with Gasteiger partial charge in [-0.1, -0.05) is 18.2 Å². The number of rotatable bonds is 6. The molecule has 1 aliphatic heterocycles. The van der Waals surface area contributed by atoms with Crippen molar-refractivity contribution in [3.05, 3.63) is 71.7 Å². The Hall–Kier alpha value is -4.04. The molecule has 5 rings (SSSR count). The molecule has 8 nitrogen and oxygen atoms in total. The zero-order valence-corrected chi connectivity index (χ0v) is 20.1. The Balaban J connectivity index is 1.43. The number of amides is 1. The zero-order chi connectivity index (χ0) is 24.4. The number of fused-ring (bicyclic) bond motifs is 2. The molecule has 0 fully saturated rings. The van der Waals surface area contributed by atoms with Crippen LogP contribution in [0.4, 0.5) is 11.6 Å². The van der Waals surface area contributed by atoms with Crippen molar-refractivity contribution in [2.75, 3.05) is 32.6 Å². The molecule has 1 aliphatic rings. The average molecular weight is 469 g/mol. The molecule has 0 spiro atoms. The lowest BCUT2D eigenvalue weighted by Gasteiger charge is -2.26. The first-order chi connectivity index (χ1) is 17.0. The quantitative estimate of drug-likeness (QED) is 0.439. The number of nitrogens with zero attached hydrogens (tertiary/aromatic N) is 4. The minimum atomic E-state index is -0.176. The molecule has 3 heterocycles. The van der Waals surface area contributed by atoms with E-state index in [0.29, 0.717) is 18.2 Å². The zero-order valence-electron chi connectivity index (χ0n) is 20.1. The lowest BCUT2D eigenvalue weighted by molar-refractivity contribution is 0.0951. The third-order valence-electron chi connectivity index (χ3n) is 6.22. The number of methoxy groups -OCH3 is 1. The van der Waals surface area contributed by atoms with Crippen LogP contribution in [0.15, 0.2) is 54.9 Å². The van der Waals surface area contributed by atoms with E-state index in [1.54, 1.807) is 19.4 Å². The Morgan fingerprint density at radius 2 is 1.91 bits per heavy atom. The van der Waals surface area contributed by atoms with Gasteiger partial charge >= 0.3 is 0 Å². The number of aromatic nitrogens is 3. The second-order valence-corrected chi connectivity index (χ2v) is 8.69. The largest absolute Gasteiger partial charge is 0.495 e. The topological polar surface area (TPSA) is 92.3 Å². The Bertz CT molecular complexity index is 1390. The van der Waals surface area contributed by atoms with E-state index < -0.39 is 0 Å². The summed E-state index contributed by atoms with van der Waals surface area (Å²) in [6.07, 6.45) is 4.53. The number of ether oxygens (including phenoxy) is 1. The molecule has 0 atom stereocenters. The second kappa shape index (κ2) is 9.68. The van der Waals surface area contributed by atoms with Crippen LogP contribution in [0.1, 0.15) is 28.5 Å². The van der Waals surface area contributed by atoms with Crippen LogP contribution in [0.3, 0.4) is 0 Å². The fraction of sp³-hybridized carbons (Fsp3) is 0.259.